The summed E-state index contributed by atoms with van der Waals surface area (Å²) in [4.78, 5) is 39.2. The van der Waals surface area contributed by atoms with Crippen LogP contribution in [-0.4, -0.2) is 59.9 Å². The quantitative estimate of drug-likeness (QED) is 0.703. The minimum atomic E-state index is -3.98. The fourth-order valence-electron chi connectivity index (χ4n) is 3.96. The standard InChI is InChI=1S/C22H26N4O6S/c1-22(2,3)32-21(29)25-10-4-6-15(25)13-23-19(27)14-8-9-18-16(12-14)24-20(28)17-7-5-11-26(17)33(18,30)31/h5,7-9,11-12,15H,4,6,10,13H2,1-3H3,(H,23,27)(H,24,28). The van der Waals surface area contributed by atoms with Crippen LogP contribution in [0.1, 0.15) is 54.5 Å². The first-order chi connectivity index (χ1) is 15.5. The maximum Gasteiger partial charge on any atom is 0.410 e. The van der Waals surface area contributed by atoms with Crippen molar-refractivity contribution in [3.63, 3.8) is 0 Å². The summed E-state index contributed by atoms with van der Waals surface area (Å²) in [5, 5.41) is 5.37. The molecule has 0 saturated carbocycles. The van der Waals surface area contributed by atoms with Gasteiger partial charge in [0, 0.05) is 24.8 Å². The van der Waals surface area contributed by atoms with Crippen LogP contribution in [-0.2, 0) is 14.8 Å². The molecule has 2 N–H and O–H groups in total. The molecule has 1 saturated heterocycles. The Labute approximate surface area is 191 Å². The van der Waals surface area contributed by atoms with Crippen LogP contribution in [0.5, 0.6) is 0 Å². The van der Waals surface area contributed by atoms with Gasteiger partial charge in [0.15, 0.2) is 0 Å². The Hall–Kier alpha value is -3.34. The number of fused-ring (bicyclic) bond motifs is 2. The smallest absolute Gasteiger partial charge is 0.410 e. The van der Waals surface area contributed by atoms with Crippen LogP contribution in [0.15, 0.2) is 41.4 Å². The molecule has 0 spiro atoms. The number of hydrogen-bond acceptors (Lipinski definition) is 6. The van der Waals surface area contributed by atoms with E-state index >= 15 is 0 Å². The predicted molar refractivity (Wildman–Crippen MR) is 120 cm³/mol. The zero-order valence-corrected chi connectivity index (χ0v) is 19.4. The van der Waals surface area contributed by atoms with Crippen molar-refractivity contribution in [2.45, 2.75) is 50.2 Å². The molecular weight excluding hydrogens is 448 g/mol. The van der Waals surface area contributed by atoms with Crippen molar-refractivity contribution in [3.05, 3.63) is 47.8 Å². The SMILES string of the molecule is CC(C)(C)OC(=O)N1CCCC1CNC(=O)c1ccc2c(c1)NC(=O)c1cccn1S2(=O)=O. The fraction of sp³-hybridized carbons (Fsp3) is 0.409. The molecular formula is C22H26N4O6S. The van der Waals surface area contributed by atoms with E-state index in [1.165, 1.54) is 36.5 Å². The molecule has 11 heteroatoms. The number of likely N-dealkylation sites (tertiary alicyclic amines) is 1. The molecule has 2 aliphatic rings. The van der Waals surface area contributed by atoms with Crippen molar-refractivity contribution in [2.24, 2.45) is 0 Å². The van der Waals surface area contributed by atoms with Crippen LogP contribution in [0.25, 0.3) is 0 Å². The zero-order chi connectivity index (χ0) is 24.0. The molecule has 3 amide bonds. The van der Waals surface area contributed by atoms with Crippen LogP contribution >= 0.6 is 0 Å². The molecule has 3 heterocycles. The van der Waals surface area contributed by atoms with Gasteiger partial charge in [0.25, 0.3) is 21.8 Å². The van der Waals surface area contributed by atoms with Gasteiger partial charge >= 0.3 is 6.09 Å². The molecule has 2 aliphatic heterocycles. The molecule has 4 rings (SSSR count). The van der Waals surface area contributed by atoms with Crippen molar-refractivity contribution in [2.75, 3.05) is 18.4 Å². The lowest BCUT2D eigenvalue weighted by atomic mass is 10.1. The first kappa shape index (κ1) is 22.8. The lowest BCUT2D eigenvalue weighted by molar-refractivity contribution is 0.0225. The molecule has 1 unspecified atom stereocenters. The summed E-state index contributed by atoms with van der Waals surface area (Å²) in [6.45, 7) is 6.18. The van der Waals surface area contributed by atoms with Gasteiger partial charge in [-0.3, -0.25) is 9.59 Å². The van der Waals surface area contributed by atoms with E-state index in [4.69, 9.17) is 4.74 Å². The van der Waals surface area contributed by atoms with Crippen molar-refractivity contribution >= 4 is 33.6 Å². The van der Waals surface area contributed by atoms with Gasteiger partial charge in [0.05, 0.1) is 11.7 Å². The minimum Gasteiger partial charge on any atom is -0.444 e. The Bertz CT molecular complexity index is 1230. The van der Waals surface area contributed by atoms with Gasteiger partial charge in [-0.2, -0.15) is 0 Å². The second-order valence-corrected chi connectivity index (χ2v) is 10.8. The normalized spacial score (nSPS) is 19.2. The largest absolute Gasteiger partial charge is 0.444 e. The summed E-state index contributed by atoms with van der Waals surface area (Å²) in [5.41, 5.74) is -0.396. The Balaban J connectivity index is 1.49. The third kappa shape index (κ3) is 4.45. The summed E-state index contributed by atoms with van der Waals surface area (Å²) in [5.74, 6) is -1.02. The number of carbonyl (C=O) groups is 3. The number of rotatable bonds is 3. The van der Waals surface area contributed by atoms with E-state index in [-0.39, 0.29) is 34.4 Å². The highest BCUT2D eigenvalue weighted by molar-refractivity contribution is 7.90. The van der Waals surface area contributed by atoms with Crippen molar-refractivity contribution < 1.29 is 27.5 Å². The van der Waals surface area contributed by atoms with E-state index in [1.54, 1.807) is 25.7 Å². The minimum absolute atomic E-state index is 0.0133. The highest BCUT2D eigenvalue weighted by Gasteiger charge is 2.33. The van der Waals surface area contributed by atoms with Crippen molar-refractivity contribution in [1.29, 1.82) is 0 Å². The molecule has 176 valence electrons. The average molecular weight is 475 g/mol. The van der Waals surface area contributed by atoms with Gasteiger partial charge < -0.3 is 20.3 Å². The molecule has 10 nitrogen and oxygen atoms in total. The average Bonchev–Trinajstić information content (AvgIpc) is 3.39. The van der Waals surface area contributed by atoms with Crippen LogP contribution in [0.3, 0.4) is 0 Å². The third-order valence-corrected chi connectivity index (χ3v) is 7.22. The number of carbonyl (C=O) groups excluding carboxylic acids is 3. The summed E-state index contributed by atoms with van der Waals surface area (Å²) in [6.07, 6.45) is 2.43. The van der Waals surface area contributed by atoms with Crippen LogP contribution < -0.4 is 10.6 Å². The number of benzene rings is 1. The molecule has 2 aromatic rings. The highest BCUT2D eigenvalue weighted by Crippen LogP contribution is 2.30. The van der Waals surface area contributed by atoms with E-state index in [0.29, 0.717) is 6.54 Å². The zero-order valence-electron chi connectivity index (χ0n) is 18.6. The molecule has 1 atom stereocenters. The number of nitrogens with one attached hydrogen (secondary N) is 2. The molecule has 0 bridgehead atoms. The van der Waals surface area contributed by atoms with Crippen molar-refractivity contribution in [3.8, 4) is 0 Å². The Morgan fingerprint density at radius 2 is 2.00 bits per heavy atom. The first-order valence-corrected chi connectivity index (χ1v) is 12.1. The van der Waals surface area contributed by atoms with E-state index < -0.39 is 33.5 Å². The summed E-state index contributed by atoms with van der Waals surface area (Å²) in [7, 11) is -3.98. The Kier molecular flexibility index (Phi) is 5.69. The van der Waals surface area contributed by atoms with E-state index in [1.807, 2.05) is 0 Å². The van der Waals surface area contributed by atoms with Gasteiger partial charge in [0.1, 0.15) is 16.2 Å². The molecule has 0 radical (unpaired) electrons. The van der Waals surface area contributed by atoms with Gasteiger partial charge in [-0.15, -0.1) is 0 Å². The number of ether oxygens (including phenoxy) is 1. The number of aromatic nitrogens is 1. The Morgan fingerprint density at radius 3 is 2.73 bits per heavy atom. The second kappa shape index (κ2) is 8.22. The lowest BCUT2D eigenvalue weighted by Crippen LogP contribution is -2.45. The van der Waals surface area contributed by atoms with Gasteiger partial charge in [0.2, 0.25) is 0 Å². The summed E-state index contributed by atoms with van der Waals surface area (Å²) < 4.78 is 32.2. The fourth-order valence-corrected chi connectivity index (χ4v) is 5.43. The van der Waals surface area contributed by atoms with Crippen LogP contribution in [0.4, 0.5) is 10.5 Å². The Morgan fingerprint density at radius 1 is 1.24 bits per heavy atom. The molecule has 1 fully saturated rings. The maximum atomic E-state index is 12.9. The number of amides is 3. The monoisotopic (exact) mass is 474 g/mol. The molecule has 1 aromatic heterocycles. The lowest BCUT2D eigenvalue weighted by Gasteiger charge is -2.28. The van der Waals surface area contributed by atoms with Crippen molar-refractivity contribution in [1.82, 2.24) is 14.2 Å². The van der Waals surface area contributed by atoms with Gasteiger partial charge in [-0.25, -0.2) is 17.2 Å². The molecule has 33 heavy (non-hydrogen) atoms. The summed E-state index contributed by atoms with van der Waals surface area (Å²) in [6, 6.07) is 6.72. The van der Waals surface area contributed by atoms with E-state index in [2.05, 4.69) is 10.6 Å². The number of anilines is 1. The predicted octanol–water partition coefficient (Wildman–Crippen LogP) is 2.42. The van der Waals surface area contributed by atoms with Gasteiger partial charge in [-0.1, -0.05) is 0 Å². The second-order valence-electron chi connectivity index (χ2n) is 9.04. The van der Waals surface area contributed by atoms with Crippen LogP contribution in [0.2, 0.25) is 0 Å². The highest BCUT2D eigenvalue weighted by atomic mass is 32.2. The van der Waals surface area contributed by atoms with Crippen LogP contribution in [0, 0.1) is 0 Å². The number of hydrogen-bond donors (Lipinski definition) is 2. The van der Waals surface area contributed by atoms with Gasteiger partial charge in [-0.05, 0) is 63.9 Å². The summed E-state index contributed by atoms with van der Waals surface area (Å²) >= 11 is 0. The maximum absolute atomic E-state index is 12.9. The number of nitrogens with zero attached hydrogens (tertiary/aromatic N) is 2. The topological polar surface area (TPSA) is 127 Å². The third-order valence-electron chi connectivity index (χ3n) is 5.48. The van der Waals surface area contributed by atoms with E-state index in [9.17, 15) is 22.8 Å². The first-order valence-electron chi connectivity index (χ1n) is 10.6. The molecule has 1 aromatic carbocycles. The molecule has 0 aliphatic carbocycles. The van der Waals surface area contributed by atoms with E-state index in [0.717, 1.165) is 16.8 Å².